The highest BCUT2D eigenvalue weighted by molar-refractivity contribution is 7.99. The molecule has 1 N–H and O–H groups in total. The van der Waals surface area contributed by atoms with E-state index in [1.165, 1.54) is 12.8 Å². The summed E-state index contributed by atoms with van der Waals surface area (Å²) in [6.07, 6.45) is 5.28. The number of tetrazole rings is 1. The van der Waals surface area contributed by atoms with Crippen LogP contribution in [0.25, 0.3) is 0 Å². The molecule has 1 aromatic rings. The molecule has 0 bridgehead atoms. The van der Waals surface area contributed by atoms with Crippen LogP contribution in [0.1, 0.15) is 38.1 Å². The van der Waals surface area contributed by atoms with Crippen molar-refractivity contribution in [3.8, 4) is 0 Å². The smallest absolute Gasteiger partial charge is 0.209 e. The Bertz CT molecular complexity index is 501. The topological polar surface area (TPSA) is 74.1 Å². The first-order valence-electron chi connectivity index (χ1n) is 7.69. The van der Waals surface area contributed by atoms with Gasteiger partial charge in [0.25, 0.3) is 0 Å². The number of hydrogen-bond donors (Lipinski definition) is 1. The quantitative estimate of drug-likeness (QED) is 0.888. The van der Waals surface area contributed by atoms with Gasteiger partial charge in [0.1, 0.15) is 0 Å². The lowest BCUT2D eigenvalue weighted by atomic mass is 9.89. The van der Waals surface area contributed by atoms with Gasteiger partial charge in [0, 0.05) is 24.1 Å². The van der Waals surface area contributed by atoms with Gasteiger partial charge in [0.15, 0.2) is 5.79 Å². The summed E-state index contributed by atoms with van der Waals surface area (Å²) >= 11 is 1.76. The first kappa shape index (κ1) is 13.9. The highest BCUT2D eigenvalue weighted by Crippen LogP contribution is 2.43. The third kappa shape index (κ3) is 2.69. The minimum Gasteiger partial charge on any atom is -0.347 e. The number of nitrogens with zero attached hydrogens (tertiary/aromatic N) is 4. The van der Waals surface area contributed by atoms with Crippen molar-refractivity contribution in [2.24, 2.45) is 0 Å². The van der Waals surface area contributed by atoms with E-state index in [1.54, 1.807) is 11.8 Å². The van der Waals surface area contributed by atoms with Crippen molar-refractivity contribution in [2.45, 2.75) is 60.4 Å². The van der Waals surface area contributed by atoms with Crippen molar-refractivity contribution in [3.63, 3.8) is 0 Å². The van der Waals surface area contributed by atoms with Crippen LogP contribution in [0.2, 0.25) is 0 Å². The second-order valence-electron chi connectivity index (χ2n) is 6.04. The van der Waals surface area contributed by atoms with Crippen molar-refractivity contribution >= 4 is 11.8 Å². The third-order valence-corrected chi connectivity index (χ3v) is 5.87. The molecule has 1 aromatic heterocycles. The zero-order valence-corrected chi connectivity index (χ0v) is 13.0. The molecule has 0 amide bonds. The lowest BCUT2D eigenvalue weighted by Crippen LogP contribution is -2.48. The van der Waals surface area contributed by atoms with Gasteiger partial charge in [-0.1, -0.05) is 11.8 Å². The van der Waals surface area contributed by atoms with E-state index in [1.807, 2.05) is 11.7 Å². The van der Waals surface area contributed by atoms with Crippen molar-refractivity contribution in [1.82, 2.24) is 25.5 Å². The summed E-state index contributed by atoms with van der Waals surface area (Å²) in [5.74, 6) is -0.372. The molecule has 3 aliphatic rings. The summed E-state index contributed by atoms with van der Waals surface area (Å²) in [4.78, 5) is 0. The monoisotopic (exact) mass is 311 g/mol. The maximum absolute atomic E-state index is 5.89. The van der Waals surface area contributed by atoms with Crippen LogP contribution in [0.15, 0.2) is 5.16 Å². The number of hydrogen-bond acceptors (Lipinski definition) is 7. The SMILES string of the molecule is CNC1CCC2(CC1Sc1nnnn1C1CC1)OCCO2. The second kappa shape index (κ2) is 5.49. The Kier molecular flexibility index (Phi) is 3.64. The summed E-state index contributed by atoms with van der Waals surface area (Å²) in [6.45, 7) is 1.42. The molecule has 21 heavy (non-hydrogen) atoms. The fourth-order valence-corrected chi connectivity index (χ4v) is 4.69. The second-order valence-corrected chi connectivity index (χ2v) is 7.25. The van der Waals surface area contributed by atoms with E-state index in [-0.39, 0.29) is 5.79 Å². The normalized spacial score (nSPS) is 31.9. The van der Waals surface area contributed by atoms with Crippen LogP contribution in [0.4, 0.5) is 0 Å². The molecule has 3 fully saturated rings. The fraction of sp³-hybridized carbons (Fsp3) is 0.923. The molecule has 0 radical (unpaired) electrons. The summed E-state index contributed by atoms with van der Waals surface area (Å²) in [6, 6.07) is 0.949. The Labute approximate surface area is 128 Å². The van der Waals surface area contributed by atoms with Crippen LogP contribution >= 0.6 is 11.8 Å². The minimum absolute atomic E-state index is 0.366. The Morgan fingerprint density at radius 1 is 1.29 bits per heavy atom. The molecule has 1 saturated heterocycles. The van der Waals surface area contributed by atoms with E-state index in [0.717, 1.165) is 24.4 Å². The van der Waals surface area contributed by atoms with Crippen LogP contribution in [0, 0.1) is 0 Å². The van der Waals surface area contributed by atoms with Crippen molar-refractivity contribution in [1.29, 1.82) is 0 Å². The van der Waals surface area contributed by atoms with Crippen LogP contribution in [-0.2, 0) is 9.47 Å². The average molecular weight is 311 g/mol. The summed E-state index contributed by atoms with van der Waals surface area (Å²) < 4.78 is 13.8. The van der Waals surface area contributed by atoms with Crippen LogP contribution in [-0.4, -0.2) is 57.5 Å². The molecule has 1 aliphatic heterocycles. The molecule has 7 nitrogen and oxygen atoms in total. The summed E-state index contributed by atoms with van der Waals surface area (Å²) in [5, 5.41) is 16.9. The molecule has 8 heteroatoms. The fourth-order valence-electron chi connectivity index (χ4n) is 3.27. The van der Waals surface area contributed by atoms with Gasteiger partial charge < -0.3 is 14.8 Å². The standard InChI is InChI=1S/C13H21N5O2S/c1-14-10-4-5-13(19-6-7-20-13)8-11(10)21-12-15-16-17-18(12)9-2-3-9/h9-11,14H,2-8H2,1H3. The van der Waals surface area contributed by atoms with Gasteiger partial charge in [0.2, 0.25) is 5.16 Å². The number of aromatic nitrogens is 4. The van der Waals surface area contributed by atoms with Crippen molar-refractivity contribution < 1.29 is 9.47 Å². The maximum atomic E-state index is 5.89. The van der Waals surface area contributed by atoms with E-state index in [2.05, 4.69) is 20.8 Å². The highest BCUT2D eigenvalue weighted by Gasteiger charge is 2.45. The van der Waals surface area contributed by atoms with Gasteiger partial charge in [-0.05, 0) is 36.7 Å². The lowest BCUT2D eigenvalue weighted by Gasteiger charge is -2.40. The molecule has 2 aliphatic carbocycles. The van der Waals surface area contributed by atoms with Crippen LogP contribution in [0.3, 0.4) is 0 Å². The Hall–Kier alpha value is -0.700. The Morgan fingerprint density at radius 2 is 2.10 bits per heavy atom. The largest absolute Gasteiger partial charge is 0.347 e. The average Bonchev–Trinajstić information content (AvgIpc) is 3.08. The Balaban J connectivity index is 1.51. The molecule has 116 valence electrons. The van der Waals surface area contributed by atoms with Crippen LogP contribution < -0.4 is 5.32 Å². The Morgan fingerprint density at radius 3 is 2.81 bits per heavy atom. The molecule has 2 atom stereocenters. The van der Waals surface area contributed by atoms with Crippen molar-refractivity contribution in [3.05, 3.63) is 0 Å². The molecular weight excluding hydrogens is 290 g/mol. The van der Waals surface area contributed by atoms with E-state index < -0.39 is 0 Å². The number of rotatable bonds is 4. The summed E-state index contributed by atoms with van der Waals surface area (Å²) in [7, 11) is 2.02. The van der Waals surface area contributed by atoms with Gasteiger partial charge in [-0.25, -0.2) is 4.68 Å². The number of thioether (sulfide) groups is 1. The first-order chi connectivity index (χ1) is 10.3. The third-order valence-electron chi connectivity index (χ3n) is 4.59. The van der Waals surface area contributed by atoms with Gasteiger partial charge in [-0.15, -0.1) is 5.10 Å². The van der Waals surface area contributed by atoms with E-state index in [4.69, 9.17) is 9.47 Å². The maximum Gasteiger partial charge on any atom is 0.209 e. The molecule has 2 heterocycles. The van der Waals surface area contributed by atoms with E-state index in [0.29, 0.717) is 30.5 Å². The van der Waals surface area contributed by atoms with E-state index >= 15 is 0 Å². The molecule has 2 unspecified atom stereocenters. The molecular formula is C13H21N5O2S. The number of ether oxygens (including phenoxy) is 2. The van der Waals surface area contributed by atoms with Gasteiger partial charge in [-0.2, -0.15) is 0 Å². The summed E-state index contributed by atoms with van der Waals surface area (Å²) in [5.41, 5.74) is 0. The van der Waals surface area contributed by atoms with Gasteiger partial charge in [0.05, 0.1) is 19.3 Å². The number of nitrogens with one attached hydrogen (secondary N) is 1. The van der Waals surface area contributed by atoms with Crippen molar-refractivity contribution in [2.75, 3.05) is 20.3 Å². The van der Waals surface area contributed by atoms with Gasteiger partial charge >= 0.3 is 0 Å². The van der Waals surface area contributed by atoms with Gasteiger partial charge in [-0.3, -0.25) is 0 Å². The predicted octanol–water partition coefficient (Wildman–Crippen LogP) is 0.984. The zero-order valence-electron chi connectivity index (χ0n) is 12.2. The molecule has 0 aromatic carbocycles. The molecule has 1 spiro atoms. The van der Waals surface area contributed by atoms with E-state index in [9.17, 15) is 0 Å². The minimum atomic E-state index is -0.372. The highest BCUT2D eigenvalue weighted by atomic mass is 32.2. The predicted molar refractivity (Wildman–Crippen MR) is 77.1 cm³/mol. The molecule has 2 saturated carbocycles. The zero-order chi connectivity index (χ0) is 14.3. The molecule has 4 rings (SSSR count). The first-order valence-corrected chi connectivity index (χ1v) is 8.57. The lowest BCUT2D eigenvalue weighted by molar-refractivity contribution is -0.177. The van der Waals surface area contributed by atoms with Crippen LogP contribution in [0.5, 0.6) is 0 Å².